The molecular weight excluding hydrogens is 224 g/mol. The predicted molar refractivity (Wildman–Crippen MR) is 73.6 cm³/mol. The van der Waals surface area contributed by atoms with Gasteiger partial charge in [-0.25, -0.2) is 0 Å². The number of piperidine rings is 1. The molecule has 3 nitrogen and oxygen atoms in total. The average Bonchev–Trinajstić information content (AvgIpc) is 2.37. The summed E-state index contributed by atoms with van der Waals surface area (Å²) in [6, 6.07) is 6.05. The largest absolute Gasteiger partial charge is 0.339 e. The van der Waals surface area contributed by atoms with Crippen LogP contribution in [-0.4, -0.2) is 30.4 Å². The summed E-state index contributed by atoms with van der Waals surface area (Å²) in [5, 5.41) is 0. The van der Waals surface area contributed by atoms with Crippen molar-refractivity contribution in [2.24, 2.45) is 11.7 Å². The Bertz CT molecular complexity index is 414. The lowest BCUT2D eigenvalue weighted by Crippen LogP contribution is -2.40. The van der Waals surface area contributed by atoms with Crippen LogP contribution in [0.15, 0.2) is 18.2 Å². The van der Waals surface area contributed by atoms with E-state index in [2.05, 4.69) is 6.07 Å². The van der Waals surface area contributed by atoms with Crippen molar-refractivity contribution >= 4 is 5.91 Å². The number of rotatable bonds is 2. The Hall–Kier alpha value is -1.35. The minimum Gasteiger partial charge on any atom is -0.339 e. The van der Waals surface area contributed by atoms with E-state index in [1.165, 1.54) is 0 Å². The lowest BCUT2D eigenvalue weighted by molar-refractivity contribution is 0.0693. The van der Waals surface area contributed by atoms with E-state index in [-0.39, 0.29) is 5.91 Å². The van der Waals surface area contributed by atoms with Crippen molar-refractivity contribution in [1.29, 1.82) is 0 Å². The fraction of sp³-hybridized carbons (Fsp3) is 0.533. The number of hydrogen-bond donors (Lipinski definition) is 1. The number of nitrogens with two attached hydrogens (primary N) is 1. The summed E-state index contributed by atoms with van der Waals surface area (Å²) in [5.41, 5.74) is 8.79. The molecule has 0 atom stereocenters. The normalized spacial score (nSPS) is 16.9. The average molecular weight is 246 g/mol. The molecular formula is C15H22N2O. The van der Waals surface area contributed by atoms with Gasteiger partial charge < -0.3 is 10.6 Å². The molecule has 1 aliphatic rings. The summed E-state index contributed by atoms with van der Waals surface area (Å²) in [6.45, 7) is 6.49. The highest BCUT2D eigenvalue weighted by Gasteiger charge is 2.22. The SMILES string of the molecule is Cc1cc(C)cc(C(=O)N2CCC(CN)CC2)c1. The molecule has 0 radical (unpaired) electrons. The number of likely N-dealkylation sites (tertiary alicyclic amines) is 1. The van der Waals surface area contributed by atoms with Crippen LogP contribution in [-0.2, 0) is 0 Å². The van der Waals surface area contributed by atoms with Crippen LogP contribution < -0.4 is 5.73 Å². The molecule has 1 heterocycles. The van der Waals surface area contributed by atoms with E-state index < -0.39 is 0 Å². The standard InChI is InChI=1S/C15H22N2O/c1-11-7-12(2)9-14(8-11)15(18)17-5-3-13(10-16)4-6-17/h7-9,13H,3-6,10,16H2,1-2H3. The van der Waals surface area contributed by atoms with Crippen LogP contribution in [0.1, 0.15) is 34.3 Å². The van der Waals surface area contributed by atoms with Crippen LogP contribution >= 0.6 is 0 Å². The second-order valence-electron chi connectivity index (χ2n) is 5.35. The van der Waals surface area contributed by atoms with E-state index in [9.17, 15) is 4.79 Å². The van der Waals surface area contributed by atoms with Crippen LogP contribution in [0.2, 0.25) is 0 Å². The molecule has 0 saturated carbocycles. The monoisotopic (exact) mass is 246 g/mol. The molecule has 1 aliphatic heterocycles. The van der Waals surface area contributed by atoms with Crippen molar-refractivity contribution in [3.05, 3.63) is 34.9 Å². The van der Waals surface area contributed by atoms with Gasteiger partial charge in [-0.3, -0.25) is 4.79 Å². The van der Waals surface area contributed by atoms with Crippen molar-refractivity contribution < 1.29 is 4.79 Å². The van der Waals surface area contributed by atoms with Gasteiger partial charge in [0.25, 0.3) is 5.91 Å². The fourth-order valence-electron chi connectivity index (χ4n) is 2.65. The Kier molecular flexibility index (Phi) is 4.02. The highest BCUT2D eigenvalue weighted by Crippen LogP contribution is 2.19. The van der Waals surface area contributed by atoms with Crippen LogP contribution in [0, 0.1) is 19.8 Å². The van der Waals surface area contributed by atoms with Crippen LogP contribution in [0.25, 0.3) is 0 Å². The zero-order valence-electron chi connectivity index (χ0n) is 11.3. The van der Waals surface area contributed by atoms with Crippen LogP contribution in [0.5, 0.6) is 0 Å². The first-order valence-electron chi connectivity index (χ1n) is 6.68. The summed E-state index contributed by atoms with van der Waals surface area (Å²) in [6.07, 6.45) is 2.07. The quantitative estimate of drug-likeness (QED) is 0.868. The molecule has 0 unspecified atom stereocenters. The zero-order chi connectivity index (χ0) is 13.1. The van der Waals surface area contributed by atoms with Crippen LogP contribution in [0.3, 0.4) is 0 Å². The number of hydrogen-bond acceptors (Lipinski definition) is 2. The highest BCUT2D eigenvalue weighted by molar-refractivity contribution is 5.94. The minimum atomic E-state index is 0.164. The van der Waals surface area contributed by atoms with Gasteiger partial charge in [0, 0.05) is 18.7 Å². The second kappa shape index (κ2) is 5.53. The smallest absolute Gasteiger partial charge is 0.253 e. The first-order valence-corrected chi connectivity index (χ1v) is 6.68. The van der Waals surface area contributed by atoms with Crippen molar-refractivity contribution in [1.82, 2.24) is 4.90 Å². The van der Waals surface area contributed by atoms with Gasteiger partial charge in [0.1, 0.15) is 0 Å². The van der Waals surface area contributed by atoms with Gasteiger partial charge in [-0.1, -0.05) is 17.2 Å². The van der Waals surface area contributed by atoms with Crippen molar-refractivity contribution in [2.75, 3.05) is 19.6 Å². The maximum Gasteiger partial charge on any atom is 0.253 e. The highest BCUT2D eigenvalue weighted by atomic mass is 16.2. The third-order valence-corrected chi connectivity index (χ3v) is 3.70. The first kappa shape index (κ1) is 13.1. The summed E-state index contributed by atoms with van der Waals surface area (Å²) < 4.78 is 0. The Morgan fingerprint density at radius 1 is 1.22 bits per heavy atom. The third kappa shape index (κ3) is 2.91. The molecule has 98 valence electrons. The Morgan fingerprint density at radius 3 is 2.28 bits per heavy atom. The molecule has 0 bridgehead atoms. The van der Waals surface area contributed by atoms with E-state index >= 15 is 0 Å². The number of aryl methyl sites for hydroxylation is 2. The zero-order valence-corrected chi connectivity index (χ0v) is 11.3. The van der Waals surface area contributed by atoms with E-state index in [1.54, 1.807) is 0 Å². The minimum absolute atomic E-state index is 0.164. The molecule has 18 heavy (non-hydrogen) atoms. The van der Waals surface area contributed by atoms with Gasteiger partial charge in [-0.05, 0) is 51.3 Å². The Balaban J connectivity index is 2.07. The molecule has 3 heteroatoms. The van der Waals surface area contributed by atoms with Crippen molar-refractivity contribution in [2.45, 2.75) is 26.7 Å². The number of amides is 1. The van der Waals surface area contributed by atoms with Crippen LogP contribution in [0.4, 0.5) is 0 Å². The summed E-state index contributed by atoms with van der Waals surface area (Å²) in [5.74, 6) is 0.755. The molecule has 2 N–H and O–H groups in total. The van der Waals surface area contributed by atoms with Gasteiger partial charge in [-0.15, -0.1) is 0 Å². The predicted octanol–water partition coefficient (Wildman–Crippen LogP) is 2.11. The Labute approximate surface area is 109 Å². The molecule has 1 aromatic carbocycles. The summed E-state index contributed by atoms with van der Waals surface area (Å²) in [4.78, 5) is 14.4. The molecule has 1 saturated heterocycles. The molecule has 1 fully saturated rings. The fourth-order valence-corrected chi connectivity index (χ4v) is 2.65. The van der Waals surface area contributed by atoms with Gasteiger partial charge >= 0.3 is 0 Å². The Morgan fingerprint density at radius 2 is 1.78 bits per heavy atom. The van der Waals surface area contributed by atoms with Gasteiger partial charge in [0.05, 0.1) is 0 Å². The number of nitrogens with zero attached hydrogens (tertiary/aromatic N) is 1. The first-order chi connectivity index (χ1) is 8.60. The van der Waals surface area contributed by atoms with E-state index in [0.717, 1.165) is 49.2 Å². The number of carbonyl (C=O) groups is 1. The molecule has 0 aromatic heterocycles. The number of carbonyl (C=O) groups excluding carboxylic acids is 1. The molecule has 0 spiro atoms. The maximum absolute atomic E-state index is 12.4. The molecule has 1 aromatic rings. The lowest BCUT2D eigenvalue weighted by Gasteiger charge is -2.31. The van der Waals surface area contributed by atoms with Gasteiger partial charge in [-0.2, -0.15) is 0 Å². The van der Waals surface area contributed by atoms with E-state index in [4.69, 9.17) is 5.73 Å². The van der Waals surface area contributed by atoms with Gasteiger partial charge in [0.2, 0.25) is 0 Å². The molecule has 0 aliphatic carbocycles. The molecule has 1 amide bonds. The van der Waals surface area contributed by atoms with Crippen molar-refractivity contribution in [3.63, 3.8) is 0 Å². The van der Waals surface area contributed by atoms with E-state index in [1.807, 2.05) is 30.9 Å². The van der Waals surface area contributed by atoms with Crippen molar-refractivity contribution in [3.8, 4) is 0 Å². The third-order valence-electron chi connectivity index (χ3n) is 3.70. The second-order valence-corrected chi connectivity index (χ2v) is 5.35. The molecule has 2 rings (SSSR count). The summed E-state index contributed by atoms with van der Waals surface area (Å²) in [7, 11) is 0. The van der Waals surface area contributed by atoms with Gasteiger partial charge in [0.15, 0.2) is 0 Å². The maximum atomic E-state index is 12.4. The topological polar surface area (TPSA) is 46.3 Å². The lowest BCUT2D eigenvalue weighted by atomic mass is 9.96. The summed E-state index contributed by atoms with van der Waals surface area (Å²) >= 11 is 0. The number of benzene rings is 1. The van der Waals surface area contributed by atoms with E-state index in [0.29, 0.717) is 5.92 Å².